The van der Waals surface area contributed by atoms with Crippen LogP contribution in [0.4, 0.5) is 5.82 Å². The zero-order valence-corrected chi connectivity index (χ0v) is 21.8. The number of hydrogen-bond acceptors (Lipinski definition) is 6. The van der Waals surface area contributed by atoms with Crippen LogP contribution in [0.1, 0.15) is 61.1 Å². The number of anilines is 1. The van der Waals surface area contributed by atoms with Crippen molar-refractivity contribution >= 4 is 38.9 Å². The minimum Gasteiger partial charge on any atom is -0.261 e. The van der Waals surface area contributed by atoms with Crippen molar-refractivity contribution in [2.45, 2.75) is 74.8 Å². The predicted molar refractivity (Wildman–Crippen MR) is 137 cm³/mol. The number of rotatable bonds is 6. The van der Waals surface area contributed by atoms with Crippen LogP contribution < -0.4 is 10.4 Å². The van der Waals surface area contributed by atoms with Gasteiger partial charge in [0.1, 0.15) is 5.69 Å². The third kappa shape index (κ3) is 5.46. The predicted octanol–water partition coefficient (Wildman–Crippen LogP) is 5.91. The minimum absolute atomic E-state index is 0.111. The Kier molecular flexibility index (Phi) is 7.50. The molecule has 0 unspecified atom stereocenters. The zero-order chi connectivity index (χ0) is 23.6. The fraction of sp³-hybridized carbons (Fsp3) is 0.500. The summed E-state index contributed by atoms with van der Waals surface area (Å²) in [6.07, 6.45) is 8.98. The maximum absolute atomic E-state index is 13.0. The van der Waals surface area contributed by atoms with E-state index < -0.39 is 15.7 Å². The van der Waals surface area contributed by atoms with Gasteiger partial charge in [-0.1, -0.05) is 49.8 Å². The molecule has 6 nitrogen and oxygen atoms in total. The summed E-state index contributed by atoms with van der Waals surface area (Å²) >= 11 is 3.34. The van der Waals surface area contributed by atoms with Crippen LogP contribution in [0.25, 0.3) is 5.69 Å². The van der Waals surface area contributed by atoms with Crippen molar-refractivity contribution in [3.05, 3.63) is 50.9 Å². The molecule has 0 radical (unpaired) electrons. The van der Waals surface area contributed by atoms with Gasteiger partial charge in [-0.15, -0.1) is 23.1 Å². The molecule has 4 rings (SSSR count). The number of hydrogen-bond donors (Lipinski definition) is 1. The molecule has 9 heteroatoms. The molecule has 0 aromatic heterocycles. The largest absolute Gasteiger partial charge is 0.354 e. The molecule has 0 bridgehead atoms. The number of aryl methyl sites for hydroxylation is 2. The topological polar surface area (TPSA) is 81.1 Å². The Morgan fingerprint density at radius 2 is 1.70 bits per heavy atom. The fourth-order valence-electron chi connectivity index (χ4n) is 4.29. The fourth-order valence-corrected chi connectivity index (χ4v) is 7.96. The number of imidazole rings is 1. The van der Waals surface area contributed by atoms with E-state index in [0.29, 0.717) is 11.6 Å². The quantitative estimate of drug-likeness (QED) is 0.421. The van der Waals surface area contributed by atoms with Gasteiger partial charge in [0.05, 0.1) is 9.10 Å². The first-order valence-corrected chi connectivity index (χ1v) is 14.8. The Labute approximate surface area is 204 Å². The second-order valence-electron chi connectivity index (χ2n) is 8.90. The van der Waals surface area contributed by atoms with Crippen molar-refractivity contribution in [1.29, 1.82) is 0 Å². The van der Waals surface area contributed by atoms with Crippen molar-refractivity contribution < 1.29 is 8.42 Å². The van der Waals surface area contributed by atoms with Gasteiger partial charge in [-0.25, -0.2) is 13.2 Å². The molecule has 0 atom stereocenters. The maximum Gasteiger partial charge on any atom is 0.354 e. The third-order valence-electron chi connectivity index (χ3n) is 6.37. The Bertz CT molecular complexity index is 1240. The van der Waals surface area contributed by atoms with E-state index in [-0.39, 0.29) is 10.7 Å². The van der Waals surface area contributed by atoms with Gasteiger partial charge in [0.15, 0.2) is 5.82 Å². The molecule has 1 aromatic rings. The molecule has 33 heavy (non-hydrogen) atoms. The molecule has 0 amide bonds. The molecule has 3 aliphatic rings. The highest BCUT2D eigenvalue weighted by Crippen LogP contribution is 2.40. The number of nitrogens with one attached hydrogen (secondary N) is 1. The van der Waals surface area contributed by atoms with Gasteiger partial charge in [-0.3, -0.25) is 9.29 Å². The molecule has 1 N–H and O–H groups in total. The van der Waals surface area contributed by atoms with Gasteiger partial charge in [0.2, 0.25) is 0 Å². The summed E-state index contributed by atoms with van der Waals surface area (Å²) in [5, 5.41) is 0. The van der Waals surface area contributed by atoms with Crippen molar-refractivity contribution in [2.24, 2.45) is 5.92 Å². The highest BCUT2D eigenvalue weighted by molar-refractivity contribution is 8.01. The molecule has 178 valence electrons. The molecule has 1 aliphatic carbocycles. The van der Waals surface area contributed by atoms with E-state index in [1.54, 1.807) is 51.9 Å². The molecule has 1 fully saturated rings. The zero-order valence-electron chi connectivity index (χ0n) is 19.4. The number of benzene rings is 1. The van der Waals surface area contributed by atoms with Gasteiger partial charge < -0.3 is 0 Å². The van der Waals surface area contributed by atoms with E-state index >= 15 is 0 Å². The van der Waals surface area contributed by atoms with E-state index in [0.717, 1.165) is 26.1 Å². The number of aromatic nitrogens is 2. The molecule has 0 saturated heterocycles. The normalized spacial score (nSPS) is 16.0. The van der Waals surface area contributed by atoms with Crippen LogP contribution in [0, 0.1) is 26.7 Å². The number of fused-ring (bicyclic) bond motifs is 1. The second-order valence-corrected chi connectivity index (χ2v) is 13.1. The van der Waals surface area contributed by atoms with E-state index in [2.05, 4.69) is 9.71 Å². The van der Waals surface area contributed by atoms with Crippen LogP contribution in [0.5, 0.6) is 0 Å². The number of sulfonamides is 1. The van der Waals surface area contributed by atoms with Gasteiger partial charge >= 0.3 is 5.69 Å². The lowest BCUT2D eigenvalue weighted by molar-refractivity contribution is 0.409. The Morgan fingerprint density at radius 3 is 2.36 bits per heavy atom. The van der Waals surface area contributed by atoms with E-state index in [9.17, 15) is 13.2 Å². The smallest absolute Gasteiger partial charge is 0.261 e. The summed E-state index contributed by atoms with van der Waals surface area (Å²) < 4.78 is 31.2. The second kappa shape index (κ2) is 10.2. The van der Waals surface area contributed by atoms with Gasteiger partial charge in [0.25, 0.3) is 10.0 Å². The first-order chi connectivity index (χ1) is 15.8. The van der Waals surface area contributed by atoms with Crippen LogP contribution in [0.15, 0.2) is 38.2 Å². The van der Waals surface area contributed by atoms with Crippen LogP contribution in [-0.4, -0.2) is 23.7 Å². The standard InChI is InChI=1S/C24H31N3O3S3/c1-16-11-13-20(14-12-16)33(29,30)26-22-21-23(31-15-19-9-7-5-4-6-8-10-19)32-18(3)17(2)27(21)24(28)25-22/h11-14,19H,4-10,15H2,1-3H3,(H,25,26,28). The van der Waals surface area contributed by atoms with Crippen LogP contribution in [-0.2, 0) is 10.0 Å². The summed E-state index contributed by atoms with van der Waals surface area (Å²) in [6.45, 7) is 5.78. The molecule has 1 saturated carbocycles. The van der Waals surface area contributed by atoms with Crippen molar-refractivity contribution in [2.75, 3.05) is 10.5 Å². The van der Waals surface area contributed by atoms with Gasteiger partial charge in [0, 0.05) is 16.3 Å². The first-order valence-electron chi connectivity index (χ1n) is 11.5. The lowest BCUT2D eigenvalue weighted by Crippen LogP contribution is -2.17. The van der Waals surface area contributed by atoms with Gasteiger partial charge in [-0.05, 0) is 51.7 Å². The SMILES string of the molecule is Cc1ccc(S(=O)(=O)Nc2nc(=O)n3c(C)c(C)sc(SCC4CCCCCCC4)c2-3)cc1. The highest BCUT2D eigenvalue weighted by Gasteiger charge is 2.27. The molecule has 2 aliphatic heterocycles. The lowest BCUT2D eigenvalue weighted by atomic mass is 9.93. The molecule has 0 spiro atoms. The Hall–Kier alpha value is -1.84. The number of nitrogens with zero attached hydrogens (tertiary/aromatic N) is 2. The summed E-state index contributed by atoms with van der Waals surface area (Å²) in [6, 6.07) is 6.64. The maximum atomic E-state index is 13.0. The molecular weight excluding hydrogens is 474 g/mol. The first kappa shape index (κ1) is 24.3. The van der Waals surface area contributed by atoms with E-state index in [4.69, 9.17) is 0 Å². The monoisotopic (exact) mass is 505 g/mol. The lowest BCUT2D eigenvalue weighted by Gasteiger charge is -2.21. The summed E-state index contributed by atoms with van der Waals surface area (Å²) in [5.41, 5.74) is 1.89. The molecule has 2 heterocycles. The molecule has 1 aromatic carbocycles. The summed E-state index contributed by atoms with van der Waals surface area (Å²) in [7, 11) is -3.86. The van der Waals surface area contributed by atoms with Crippen LogP contribution in [0.3, 0.4) is 0 Å². The summed E-state index contributed by atoms with van der Waals surface area (Å²) in [4.78, 5) is 18.1. The molecular formula is C24H31N3O3S3. The third-order valence-corrected chi connectivity index (χ3v) is 10.4. The summed E-state index contributed by atoms with van der Waals surface area (Å²) in [5.74, 6) is 1.73. The van der Waals surface area contributed by atoms with Gasteiger partial charge in [-0.2, -0.15) is 4.98 Å². The van der Waals surface area contributed by atoms with Crippen LogP contribution in [0.2, 0.25) is 0 Å². The Balaban J connectivity index is 1.67. The highest BCUT2D eigenvalue weighted by atomic mass is 32.2. The Morgan fingerprint density at radius 1 is 1.06 bits per heavy atom. The minimum atomic E-state index is -3.86. The average Bonchev–Trinajstić information content (AvgIpc) is 3.06. The van der Waals surface area contributed by atoms with Crippen molar-refractivity contribution in [3.63, 3.8) is 0 Å². The van der Waals surface area contributed by atoms with Crippen LogP contribution >= 0.6 is 23.1 Å². The van der Waals surface area contributed by atoms with Crippen molar-refractivity contribution in [3.8, 4) is 5.69 Å². The van der Waals surface area contributed by atoms with Crippen molar-refractivity contribution in [1.82, 2.24) is 9.55 Å². The average molecular weight is 506 g/mol. The number of thioether (sulfide) groups is 1. The van der Waals surface area contributed by atoms with E-state index in [1.165, 1.54) is 44.9 Å². The van der Waals surface area contributed by atoms with E-state index in [1.807, 2.05) is 20.8 Å².